The molecule has 0 aliphatic carbocycles. The largest absolute Gasteiger partial charge is 0.379 e. The number of rotatable bonds is 4. The monoisotopic (exact) mass is 250 g/mol. The number of ether oxygens (including phenoxy) is 2. The molecule has 6 nitrogen and oxygen atoms in total. The van der Waals surface area contributed by atoms with E-state index < -0.39 is 10.2 Å². The average molecular weight is 250 g/mol. The van der Waals surface area contributed by atoms with E-state index >= 15 is 0 Å². The third-order valence-corrected chi connectivity index (χ3v) is 4.40. The fourth-order valence-corrected chi connectivity index (χ4v) is 3.09. The van der Waals surface area contributed by atoms with Crippen LogP contribution in [-0.4, -0.2) is 58.3 Å². The second kappa shape index (κ2) is 5.42. The summed E-state index contributed by atoms with van der Waals surface area (Å²) in [6.07, 6.45) is 1.99. The SMILES string of the molecule is O=S(=O)(NC[C@H]1CCCO1)N1CCOCC1. The van der Waals surface area contributed by atoms with E-state index in [-0.39, 0.29) is 6.10 Å². The molecule has 0 aromatic rings. The van der Waals surface area contributed by atoms with Crippen molar-refractivity contribution in [3.8, 4) is 0 Å². The number of nitrogens with one attached hydrogen (secondary N) is 1. The zero-order valence-corrected chi connectivity index (χ0v) is 10.0. The first kappa shape index (κ1) is 12.3. The standard InChI is InChI=1S/C9H18N2O4S/c12-16(13,11-3-6-14-7-4-11)10-8-9-2-1-5-15-9/h9-10H,1-8H2/t9-/m1/s1. The maximum Gasteiger partial charge on any atom is 0.279 e. The summed E-state index contributed by atoms with van der Waals surface area (Å²) in [4.78, 5) is 0. The van der Waals surface area contributed by atoms with E-state index in [1.54, 1.807) is 0 Å². The number of hydrogen-bond donors (Lipinski definition) is 1. The Bertz CT molecular complexity index is 307. The van der Waals surface area contributed by atoms with Crippen molar-refractivity contribution in [2.75, 3.05) is 39.5 Å². The van der Waals surface area contributed by atoms with Gasteiger partial charge < -0.3 is 9.47 Å². The van der Waals surface area contributed by atoms with Gasteiger partial charge in [-0.05, 0) is 12.8 Å². The highest BCUT2D eigenvalue weighted by Gasteiger charge is 2.25. The highest BCUT2D eigenvalue weighted by molar-refractivity contribution is 7.87. The van der Waals surface area contributed by atoms with Crippen molar-refractivity contribution in [3.63, 3.8) is 0 Å². The van der Waals surface area contributed by atoms with Crippen molar-refractivity contribution in [1.82, 2.24) is 9.03 Å². The molecule has 0 aromatic heterocycles. The first-order valence-corrected chi connectivity index (χ1v) is 7.06. The van der Waals surface area contributed by atoms with Gasteiger partial charge in [0.05, 0.1) is 19.3 Å². The Morgan fingerprint density at radius 3 is 2.62 bits per heavy atom. The summed E-state index contributed by atoms with van der Waals surface area (Å²) in [6.45, 7) is 2.92. The van der Waals surface area contributed by atoms with Crippen molar-refractivity contribution >= 4 is 10.2 Å². The Morgan fingerprint density at radius 1 is 1.25 bits per heavy atom. The van der Waals surface area contributed by atoms with E-state index in [4.69, 9.17) is 9.47 Å². The quantitative estimate of drug-likeness (QED) is 0.718. The molecule has 1 N–H and O–H groups in total. The van der Waals surface area contributed by atoms with E-state index in [9.17, 15) is 8.42 Å². The van der Waals surface area contributed by atoms with E-state index in [1.165, 1.54) is 4.31 Å². The Balaban J connectivity index is 1.81. The highest BCUT2D eigenvalue weighted by Crippen LogP contribution is 2.11. The smallest absolute Gasteiger partial charge is 0.279 e. The van der Waals surface area contributed by atoms with Crippen LogP contribution in [0.2, 0.25) is 0 Å². The molecule has 2 aliphatic heterocycles. The summed E-state index contributed by atoms with van der Waals surface area (Å²) in [5.74, 6) is 0. The fourth-order valence-electron chi connectivity index (χ4n) is 1.88. The molecule has 7 heteroatoms. The maximum atomic E-state index is 11.8. The van der Waals surface area contributed by atoms with Crippen LogP contribution in [0.15, 0.2) is 0 Å². The van der Waals surface area contributed by atoms with Crippen LogP contribution in [0.5, 0.6) is 0 Å². The number of hydrogen-bond acceptors (Lipinski definition) is 4. The summed E-state index contributed by atoms with van der Waals surface area (Å²) in [7, 11) is -3.35. The highest BCUT2D eigenvalue weighted by atomic mass is 32.2. The van der Waals surface area contributed by atoms with Crippen LogP contribution in [0.3, 0.4) is 0 Å². The maximum absolute atomic E-state index is 11.8. The molecule has 0 saturated carbocycles. The molecule has 94 valence electrons. The van der Waals surface area contributed by atoms with Crippen molar-refractivity contribution in [2.24, 2.45) is 0 Å². The summed E-state index contributed by atoms with van der Waals surface area (Å²) in [5.41, 5.74) is 0. The predicted octanol–water partition coefficient (Wildman–Crippen LogP) is -0.668. The molecule has 1 atom stereocenters. The van der Waals surface area contributed by atoms with Gasteiger partial charge in [-0.2, -0.15) is 17.4 Å². The van der Waals surface area contributed by atoms with Gasteiger partial charge in [-0.15, -0.1) is 0 Å². The fraction of sp³-hybridized carbons (Fsp3) is 1.00. The topological polar surface area (TPSA) is 67.9 Å². The minimum absolute atomic E-state index is 0.0378. The normalized spacial score (nSPS) is 28.4. The van der Waals surface area contributed by atoms with E-state index in [0.29, 0.717) is 32.8 Å². The Morgan fingerprint density at radius 2 is 2.00 bits per heavy atom. The molecular weight excluding hydrogens is 232 g/mol. The van der Waals surface area contributed by atoms with Crippen LogP contribution in [0.25, 0.3) is 0 Å². The Labute approximate surface area is 96.1 Å². The minimum Gasteiger partial charge on any atom is -0.379 e. The van der Waals surface area contributed by atoms with Gasteiger partial charge in [-0.3, -0.25) is 0 Å². The Kier molecular flexibility index (Phi) is 4.15. The van der Waals surface area contributed by atoms with Gasteiger partial charge in [0, 0.05) is 26.2 Å². The van der Waals surface area contributed by atoms with Crippen molar-refractivity contribution in [2.45, 2.75) is 18.9 Å². The Hall–Kier alpha value is -0.210. The summed E-state index contributed by atoms with van der Waals surface area (Å²) in [5, 5.41) is 0. The summed E-state index contributed by atoms with van der Waals surface area (Å²) in [6, 6.07) is 0. The van der Waals surface area contributed by atoms with Crippen molar-refractivity contribution in [3.05, 3.63) is 0 Å². The lowest BCUT2D eigenvalue weighted by Crippen LogP contribution is -2.48. The zero-order chi connectivity index (χ0) is 11.4. The molecule has 0 amide bonds. The van der Waals surface area contributed by atoms with E-state index in [0.717, 1.165) is 19.4 Å². The van der Waals surface area contributed by atoms with Crippen LogP contribution in [0.4, 0.5) is 0 Å². The third kappa shape index (κ3) is 3.14. The van der Waals surface area contributed by atoms with Gasteiger partial charge in [-0.25, -0.2) is 0 Å². The molecule has 2 rings (SSSR count). The first-order valence-electron chi connectivity index (χ1n) is 5.62. The lowest BCUT2D eigenvalue weighted by molar-refractivity contribution is 0.0718. The molecule has 2 saturated heterocycles. The molecule has 16 heavy (non-hydrogen) atoms. The molecule has 0 radical (unpaired) electrons. The molecule has 2 fully saturated rings. The average Bonchev–Trinajstić information content (AvgIpc) is 2.81. The molecule has 0 aromatic carbocycles. The van der Waals surface area contributed by atoms with Gasteiger partial charge in [-0.1, -0.05) is 0 Å². The number of morpholine rings is 1. The number of nitrogens with zero attached hydrogens (tertiary/aromatic N) is 1. The molecule has 2 heterocycles. The van der Waals surface area contributed by atoms with Gasteiger partial charge >= 0.3 is 0 Å². The van der Waals surface area contributed by atoms with Crippen LogP contribution < -0.4 is 4.72 Å². The second-order valence-corrected chi connectivity index (χ2v) is 5.76. The van der Waals surface area contributed by atoms with Gasteiger partial charge in [0.15, 0.2) is 0 Å². The summed E-state index contributed by atoms with van der Waals surface area (Å²) >= 11 is 0. The molecule has 0 spiro atoms. The molecule has 2 aliphatic rings. The van der Waals surface area contributed by atoms with Crippen LogP contribution in [-0.2, 0) is 19.7 Å². The third-order valence-electron chi connectivity index (χ3n) is 2.83. The van der Waals surface area contributed by atoms with E-state index in [1.807, 2.05) is 0 Å². The zero-order valence-electron chi connectivity index (χ0n) is 9.22. The predicted molar refractivity (Wildman–Crippen MR) is 58.3 cm³/mol. The second-order valence-electron chi connectivity index (χ2n) is 4.00. The first-order chi connectivity index (χ1) is 7.68. The van der Waals surface area contributed by atoms with Gasteiger partial charge in [0.25, 0.3) is 10.2 Å². The van der Waals surface area contributed by atoms with Crippen molar-refractivity contribution < 1.29 is 17.9 Å². The van der Waals surface area contributed by atoms with Crippen LogP contribution >= 0.6 is 0 Å². The van der Waals surface area contributed by atoms with Gasteiger partial charge in [0.2, 0.25) is 0 Å². The molecule has 0 unspecified atom stereocenters. The van der Waals surface area contributed by atoms with E-state index in [2.05, 4.69) is 4.72 Å². The summed E-state index contributed by atoms with van der Waals surface area (Å²) < 4.78 is 38.2. The van der Waals surface area contributed by atoms with Crippen LogP contribution in [0.1, 0.15) is 12.8 Å². The van der Waals surface area contributed by atoms with Crippen molar-refractivity contribution in [1.29, 1.82) is 0 Å². The molecule has 0 bridgehead atoms. The lowest BCUT2D eigenvalue weighted by atomic mass is 10.2. The lowest BCUT2D eigenvalue weighted by Gasteiger charge is -2.26. The molecular formula is C9H18N2O4S. The van der Waals surface area contributed by atoms with Crippen LogP contribution in [0, 0.1) is 0 Å². The van der Waals surface area contributed by atoms with Gasteiger partial charge in [0.1, 0.15) is 0 Å². The minimum atomic E-state index is -3.35.